The molecule has 0 saturated carbocycles. The predicted molar refractivity (Wildman–Crippen MR) is 75.8 cm³/mol. The van der Waals surface area contributed by atoms with Gasteiger partial charge in [-0.15, -0.1) is 0 Å². The summed E-state index contributed by atoms with van der Waals surface area (Å²) in [5.74, 6) is 0.0517. The molecule has 1 fully saturated rings. The third-order valence-corrected chi connectivity index (χ3v) is 5.79. The number of hydrogen-bond acceptors (Lipinski definition) is 5. The van der Waals surface area contributed by atoms with Gasteiger partial charge in [0.25, 0.3) is 0 Å². The van der Waals surface area contributed by atoms with E-state index in [2.05, 4.69) is 5.10 Å². The number of ether oxygens (including phenoxy) is 1. The van der Waals surface area contributed by atoms with Crippen LogP contribution in [0.15, 0.2) is 4.90 Å². The van der Waals surface area contributed by atoms with Crippen LogP contribution in [0.4, 0.5) is 5.82 Å². The molecule has 2 heterocycles. The van der Waals surface area contributed by atoms with Crippen LogP contribution < -0.4 is 5.73 Å². The maximum absolute atomic E-state index is 12.7. The van der Waals surface area contributed by atoms with E-state index in [0.717, 1.165) is 12.8 Å². The molecule has 0 aliphatic carbocycles. The first-order valence-electron chi connectivity index (χ1n) is 6.78. The molecule has 2 N–H and O–H groups in total. The lowest BCUT2D eigenvalue weighted by Gasteiger charge is -2.23. The number of nitrogens with two attached hydrogens (primary N) is 1. The van der Waals surface area contributed by atoms with E-state index in [9.17, 15) is 8.42 Å². The van der Waals surface area contributed by atoms with E-state index >= 15 is 0 Å². The highest BCUT2D eigenvalue weighted by Gasteiger charge is 2.32. The molecule has 8 heteroatoms. The zero-order valence-corrected chi connectivity index (χ0v) is 13.0. The van der Waals surface area contributed by atoms with Crippen LogP contribution in [0.25, 0.3) is 0 Å². The summed E-state index contributed by atoms with van der Waals surface area (Å²) in [6.07, 6.45) is 1.85. The number of nitrogens with zero attached hydrogens (tertiary/aromatic N) is 3. The molecule has 0 spiro atoms. The lowest BCUT2D eigenvalue weighted by molar-refractivity contribution is 0.0947. The number of nitrogen functional groups attached to an aromatic ring is 1. The normalized spacial score (nSPS) is 19.9. The van der Waals surface area contributed by atoms with Crippen molar-refractivity contribution < 1.29 is 13.2 Å². The van der Waals surface area contributed by atoms with Gasteiger partial charge in [-0.05, 0) is 19.8 Å². The summed E-state index contributed by atoms with van der Waals surface area (Å²) in [6, 6.07) is 0. The van der Waals surface area contributed by atoms with Crippen molar-refractivity contribution in [2.24, 2.45) is 7.05 Å². The van der Waals surface area contributed by atoms with Gasteiger partial charge in [0.2, 0.25) is 10.0 Å². The van der Waals surface area contributed by atoms with Crippen molar-refractivity contribution in [3.63, 3.8) is 0 Å². The van der Waals surface area contributed by atoms with Gasteiger partial charge in [-0.3, -0.25) is 4.68 Å². The summed E-state index contributed by atoms with van der Waals surface area (Å²) >= 11 is 0. The van der Waals surface area contributed by atoms with Gasteiger partial charge in [-0.2, -0.15) is 9.40 Å². The third-order valence-electron chi connectivity index (χ3n) is 3.69. The van der Waals surface area contributed by atoms with Crippen LogP contribution in [-0.4, -0.2) is 48.3 Å². The Balaban J connectivity index is 2.31. The Morgan fingerprint density at radius 1 is 1.55 bits per heavy atom. The van der Waals surface area contributed by atoms with Crippen molar-refractivity contribution in [2.75, 3.05) is 25.4 Å². The number of aromatic nitrogens is 2. The van der Waals surface area contributed by atoms with E-state index in [-0.39, 0.29) is 16.8 Å². The molecule has 1 saturated heterocycles. The minimum Gasteiger partial charge on any atom is -0.381 e. The fourth-order valence-electron chi connectivity index (χ4n) is 2.47. The fraction of sp³-hybridized carbons (Fsp3) is 0.750. The summed E-state index contributed by atoms with van der Waals surface area (Å²) in [5, 5.41) is 3.98. The number of rotatable bonds is 5. The van der Waals surface area contributed by atoms with Crippen LogP contribution in [-0.2, 0) is 21.8 Å². The molecular weight excluding hydrogens is 280 g/mol. The van der Waals surface area contributed by atoms with Crippen LogP contribution in [0.3, 0.4) is 0 Å². The fourth-order valence-corrected chi connectivity index (χ4v) is 4.25. The summed E-state index contributed by atoms with van der Waals surface area (Å²) in [5.41, 5.74) is 6.31. The second-order valence-corrected chi connectivity index (χ2v) is 6.89. The minimum atomic E-state index is -3.63. The first kappa shape index (κ1) is 15.3. The first-order chi connectivity index (χ1) is 9.37. The molecule has 0 aromatic carbocycles. The second-order valence-electron chi connectivity index (χ2n) is 5.01. The van der Waals surface area contributed by atoms with Gasteiger partial charge in [0.05, 0.1) is 11.8 Å². The Kier molecular flexibility index (Phi) is 4.36. The molecule has 0 bridgehead atoms. The molecule has 1 aliphatic heterocycles. The van der Waals surface area contributed by atoms with Crippen molar-refractivity contribution >= 4 is 15.8 Å². The van der Waals surface area contributed by atoms with Gasteiger partial charge in [-0.1, -0.05) is 6.92 Å². The van der Waals surface area contributed by atoms with Crippen LogP contribution >= 0.6 is 0 Å². The average molecular weight is 302 g/mol. The Hall–Kier alpha value is -1.12. The van der Waals surface area contributed by atoms with Gasteiger partial charge < -0.3 is 10.5 Å². The largest absolute Gasteiger partial charge is 0.381 e. The van der Waals surface area contributed by atoms with E-state index in [1.807, 2.05) is 6.92 Å². The van der Waals surface area contributed by atoms with Crippen molar-refractivity contribution in [1.29, 1.82) is 0 Å². The van der Waals surface area contributed by atoms with E-state index in [0.29, 0.717) is 25.4 Å². The first-order valence-corrected chi connectivity index (χ1v) is 8.22. The zero-order valence-electron chi connectivity index (χ0n) is 12.2. The molecule has 1 aliphatic rings. The standard InChI is InChI=1S/C12H22N4O3S/c1-4-16(8-10-6-5-7-19-10)20(17,18)11-9(2)15(3)14-12(11)13/h10H,4-8H2,1-3H3,(H2,13,14). The van der Waals surface area contributed by atoms with E-state index < -0.39 is 10.0 Å². The topological polar surface area (TPSA) is 90.4 Å². The molecule has 20 heavy (non-hydrogen) atoms. The Morgan fingerprint density at radius 3 is 2.70 bits per heavy atom. The zero-order chi connectivity index (χ0) is 14.9. The molecule has 114 valence electrons. The third kappa shape index (κ3) is 2.68. The van der Waals surface area contributed by atoms with Gasteiger partial charge in [0.1, 0.15) is 4.90 Å². The summed E-state index contributed by atoms with van der Waals surface area (Å²) in [7, 11) is -1.95. The van der Waals surface area contributed by atoms with Gasteiger partial charge in [-0.25, -0.2) is 8.42 Å². The SMILES string of the molecule is CCN(CC1CCCO1)S(=O)(=O)c1c(N)nn(C)c1C. The summed E-state index contributed by atoms with van der Waals surface area (Å²) in [4.78, 5) is 0.111. The number of anilines is 1. The Bertz CT molecular complexity index is 576. The highest BCUT2D eigenvalue weighted by Crippen LogP contribution is 2.26. The molecule has 1 atom stereocenters. The lowest BCUT2D eigenvalue weighted by atomic mass is 10.2. The van der Waals surface area contributed by atoms with Gasteiger partial charge in [0.15, 0.2) is 5.82 Å². The van der Waals surface area contributed by atoms with Gasteiger partial charge in [0, 0.05) is 26.7 Å². The monoisotopic (exact) mass is 302 g/mol. The number of aryl methyl sites for hydroxylation is 1. The second kappa shape index (κ2) is 5.71. The number of sulfonamides is 1. The molecular formula is C12H22N4O3S. The highest BCUT2D eigenvalue weighted by atomic mass is 32.2. The molecule has 1 unspecified atom stereocenters. The molecule has 1 aromatic rings. The molecule has 2 rings (SSSR count). The van der Waals surface area contributed by atoms with Crippen molar-refractivity contribution in [2.45, 2.75) is 37.7 Å². The smallest absolute Gasteiger partial charge is 0.248 e. The van der Waals surface area contributed by atoms with E-state index in [1.54, 1.807) is 14.0 Å². The minimum absolute atomic E-state index is 0.0251. The van der Waals surface area contributed by atoms with E-state index in [1.165, 1.54) is 8.99 Å². The van der Waals surface area contributed by atoms with E-state index in [4.69, 9.17) is 10.5 Å². The molecule has 1 aromatic heterocycles. The predicted octanol–water partition coefficient (Wildman–Crippen LogP) is 0.500. The van der Waals surface area contributed by atoms with Crippen LogP contribution in [0, 0.1) is 6.92 Å². The van der Waals surface area contributed by atoms with Crippen LogP contribution in [0.2, 0.25) is 0 Å². The Morgan fingerprint density at radius 2 is 2.25 bits per heavy atom. The summed E-state index contributed by atoms with van der Waals surface area (Å²) < 4.78 is 33.9. The maximum Gasteiger partial charge on any atom is 0.248 e. The number of hydrogen-bond donors (Lipinski definition) is 1. The number of likely N-dealkylation sites (N-methyl/N-ethyl adjacent to an activating group) is 1. The Labute approximate surface area is 119 Å². The highest BCUT2D eigenvalue weighted by molar-refractivity contribution is 7.89. The van der Waals surface area contributed by atoms with Crippen molar-refractivity contribution in [1.82, 2.24) is 14.1 Å². The van der Waals surface area contributed by atoms with Crippen molar-refractivity contribution in [3.05, 3.63) is 5.69 Å². The summed E-state index contributed by atoms with van der Waals surface area (Å²) in [6.45, 7) is 4.98. The van der Waals surface area contributed by atoms with Gasteiger partial charge >= 0.3 is 0 Å². The van der Waals surface area contributed by atoms with Crippen LogP contribution in [0.1, 0.15) is 25.5 Å². The van der Waals surface area contributed by atoms with Crippen LogP contribution in [0.5, 0.6) is 0 Å². The quantitative estimate of drug-likeness (QED) is 0.855. The molecule has 0 amide bonds. The average Bonchev–Trinajstić information content (AvgIpc) is 2.95. The maximum atomic E-state index is 12.7. The van der Waals surface area contributed by atoms with Crippen molar-refractivity contribution in [3.8, 4) is 0 Å². The molecule has 0 radical (unpaired) electrons. The molecule has 7 nitrogen and oxygen atoms in total. The lowest BCUT2D eigenvalue weighted by Crippen LogP contribution is -2.37.